The van der Waals surface area contributed by atoms with Crippen molar-refractivity contribution < 1.29 is 13.3 Å². The Kier molecular flexibility index (Phi) is 4.86. The molecular weight excluding hydrogens is 425 g/mol. The molecule has 1 aromatic carbocycles. The van der Waals surface area contributed by atoms with Gasteiger partial charge < -0.3 is 0 Å². The first kappa shape index (κ1) is 15.2. The standard InChI is InChI=1S/C8H9N.C5H10.2ClH.W/c1-6-4-3-5-7(2)8(6)9;1-5(2,3)4;;;/h3-5H,1-2H3;1H,2-4H3;2*1H;/q;;;;+2/p-2. The van der Waals surface area contributed by atoms with Gasteiger partial charge in [0.1, 0.15) is 0 Å². The molecular formula is C13H19Cl2NW. The van der Waals surface area contributed by atoms with Gasteiger partial charge in [0.05, 0.1) is 0 Å². The molecule has 0 aliphatic rings. The molecule has 96 valence electrons. The Hall–Kier alpha value is 0.158. The monoisotopic (exact) mass is 443 g/mol. The van der Waals surface area contributed by atoms with Gasteiger partial charge >= 0.3 is 115 Å². The maximum atomic E-state index is 6.45. The minimum atomic E-state index is -3.45. The molecule has 0 heterocycles. The summed E-state index contributed by atoms with van der Waals surface area (Å²) >= 11 is -3.45. The molecule has 0 N–H and O–H groups in total. The zero-order valence-electron chi connectivity index (χ0n) is 10.9. The van der Waals surface area contributed by atoms with E-state index in [-0.39, 0.29) is 5.41 Å². The number of hydrogen-bond donors (Lipinski definition) is 0. The maximum absolute atomic E-state index is 6.45. The summed E-state index contributed by atoms with van der Waals surface area (Å²) in [4.78, 5) is 0. The van der Waals surface area contributed by atoms with E-state index < -0.39 is 13.3 Å². The molecule has 0 amide bonds. The van der Waals surface area contributed by atoms with Crippen molar-refractivity contribution >= 4 is 28.9 Å². The Labute approximate surface area is 115 Å². The molecule has 0 radical (unpaired) electrons. The molecule has 0 fully saturated rings. The summed E-state index contributed by atoms with van der Waals surface area (Å²) in [5, 5.41) is 0. The second kappa shape index (κ2) is 5.43. The molecule has 0 unspecified atom stereocenters. The molecule has 0 atom stereocenters. The van der Waals surface area contributed by atoms with E-state index in [2.05, 4.69) is 28.7 Å². The first-order valence-corrected chi connectivity index (χ1v) is 15.8. The van der Waals surface area contributed by atoms with Crippen LogP contribution in [0.5, 0.6) is 0 Å². The Bertz CT molecular complexity index is 505. The normalized spacial score (nSPS) is 12.4. The van der Waals surface area contributed by atoms with E-state index in [1.807, 2.05) is 32.0 Å². The van der Waals surface area contributed by atoms with Crippen LogP contribution in [0.1, 0.15) is 31.9 Å². The fourth-order valence-electron chi connectivity index (χ4n) is 1.52. The van der Waals surface area contributed by atoms with Gasteiger partial charge in [-0.15, -0.1) is 0 Å². The summed E-state index contributed by atoms with van der Waals surface area (Å²) in [6.45, 7) is 10.4. The molecule has 4 heteroatoms. The van der Waals surface area contributed by atoms with Gasteiger partial charge in [0, 0.05) is 0 Å². The van der Waals surface area contributed by atoms with Crippen LogP contribution in [-0.2, 0) is 13.3 Å². The quantitative estimate of drug-likeness (QED) is 0.548. The van der Waals surface area contributed by atoms with Crippen molar-refractivity contribution in [3.8, 4) is 0 Å². The van der Waals surface area contributed by atoms with Crippen molar-refractivity contribution in [2.75, 3.05) is 0 Å². The van der Waals surface area contributed by atoms with Crippen LogP contribution in [0.15, 0.2) is 21.7 Å². The van der Waals surface area contributed by atoms with Gasteiger partial charge in [-0.1, -0.05) is 0 Å². The van der Waals surface area contributed by atoms with E-state index in [0.717, 1.165) is 16.8 Å². The number of aryl methyl sites for hydroxylation is 2. The van der Waals surface area contributed by atoms with Crippen LogP contribution < -0.4 is 0 Å². The number of benzene rings is 1. The molecule has 1 rings (SSSR count). The van der Waals surface area contributed by atoms with Gasteiger partial charge in [0.25, 0.3) is 0 Å². The van der Waals surface area contributed by atoms with Crippen LogP contribution in [0, 0.1) is 19.3 Å². The average molecular weight is 444 g/mol. The van der Waals surface area contributed by atoms with E-state index >= 15 is 0 Å². The zero-order valence-corrected chi connectivity index (χ0v) is 15.4. The van der Waals surface area contributed by atoms with E-state index in [0.29, 0.717) is 0 Å². The predicted octanol–water partition coefficient (Wildman–Crippen LogP) is 5.43. The zero-order chi connectivity index (χ0) is 13.3. The molecule has 1 nitrogen and oxygen atoms in total. The third kappa shape index (κ3) is 5.12. The van der Waals surface area contributed by atoms with E-state index in [1.54, 1.807) is 0 Å². The number of halogens is 2. The molecule has 0 aliphatic carbocycles. The van der Waals surface area contributed by atoms with Crippen molar-refractivity contribution in [3.63, 3.8) is 0 Å². The summed E-state index contributed by atoms with van der Waals surface area (Å²) in [6.07, 6.45) is 0. The Morgan fingerprint density at radius 3 is 2.00 bits per heavy atom. The summed E-state index contributed by atoms with van der Waals surface area (Å²) in [5.74, 6) is 0. The van der Waals surface area contributed by atoms with Crippen LogP contribution in [0.4, 0.5) is 5.69 Å². The van der Waals surface area contributed by atoms with Crippen molar-refractivity contribution in [1.82, 2.24) is 0 Å². The van der Waals surface area contributed by atoms with Gasteiger partial charge in [0.15, 0.2) is 0 Å². The molecule has 0 spiro atoms. The Balaban J connectivity index is 3.43. The van der Waals surface area contributed by atoms with Crippen LogP contribution in [-0.4, -0.2) is 4.40 Å². The molecule has 0 saturated heterocycles. The third-order valence-electron chi connectivity index (χ3n) is 2.15. The van der Waals surface area contributed by atoms with Crippen LogP contribution in [0.2, 0.25) is 0 Å². The number of nitrogens with zero attached hydrogens (tertiary/aromatic N) is 1. The van der Waals surface area contributed by atoms with Gasteiger partial charge in [0.2, 0.25) is 0 Å². The topological polar surface area (TPSA) is 12.4 Å². The average Bonchev–Trinajstić information content (AvgIpc) is 2.07. The second-order valence-corrected chi connectivity index (χ2v) is 19.2. The fraction of sp³-hybridized carbons (Fsp3) is 0.462. The molecule has 1 aromatic rings. The Morgan fingerprint density at radius 1 is 1.12 bits per heavy atom. The van der Waals surface area contributed by atoms with E-state index in [9.17, 15) is 0 Å². The van der Waals surface area contributed by atoms with Crippen LogP contribution >= 0.6 is 18.8 Å². The number of rotatable bonds is 1. The first-order chi connectivity index (χ1) is 7.61. The minimum absolute atomic E-state index is 0.0128. The molecule has 0 aromatic heterocycles. The van der Waals surface area contributed by atoms with Crippen LogP contribution in [0.3, 0.4) is 0 Å². The van der Waals surface area contributed by atoms with Crippen molar-refractivity contribution in [1.29, 1.82) is 0 Å². The van der Waals surface area contributed by atoms with Gasteiger partial charge in [-0.3, -0.25) is 0 Å². The molecule has 0 bridgehead atoms. The van der Waals surface area contributed by atoms with Crippen molar-refractivity contribution in [2.24, 2.45) is 8.91 Å². The predicted molar refractivity (Wildman–Crippen MR) is 75.2 cm³/mol. The molecule has 17 heavy (non-hydrogen) atoms. The van der Waals surface area contributed by atoms with E-state index in [4.69, 9.17) is 18.8 Å². The summed E-state index contributed by atoms with van der Waals surface area (Å²) in [7, 11) is 12.9. The third-order valence-corrected chi connectivity index (χ3v) is 9.83. The number of hydrogen-bond acceptors (Lipinski definition) is 1. The van der Waals surface area contributed by atoms with E-state index in [1.165, 1.54) is 0 Å². The van der Waals surface area contributed by atoms with Crippen LogP contribution in [0.25, 0.3) is 0 Å². The second-order valence-electron chi connectivity index (χ2n) is 5.30. The summed E-state index contributed by atoms with van der Waals surface area (Å²) in [6, 6.07) is 6.10. The van der Waals surface area contributed by atoms with Gasteiger partial charge in [-0.05, 0) is 0 Å². The van der Waals surface area contributed by atoms with Crippen molar-refractivity contribution in [2.45, 2.75) is 34.6 Å². The molecule has 0 saturated carbocycles. The molecule has 0 aliphatic heterocycles. The van der Waals surface area contributed by atoms with Gasteiger partial charge in [-0.25, -0.2) is 0 Å². The van der Waals surface area contributed by atoms with Gasteiger partial charge in [-0.2, -0.15) is 0 Å². The first-order valence-electron chi connectivity index (χ1n) is 5.48. The summed E-state index contributed by atoms with van der Waals surface area (Å²) in [5.41, 5.74) is 3.25. The fourth-order valence-corrected chi connectivity index (χ4v) is 12.2. The van der Waals surface area contributed by atoms with Crippen molar-refractivity contribution in [3.05, 3.63) is 29.3 Å². The Morgan fingerprint density at radius 2 is 1.59 bits per heavy atom. The summed E-state index contributed by atoms with van der Waals surface area (Å²) < 4.78 is 6.71. The SMILES string of the molecule is Cc1cccc(C)c1[N]=[W]([Cl])([Cl])=[CH]C(C)(C)C.